The molecule has 0 saturated heterocycles. The SMILES string of the molecule is CNc1nc(-c2ccc(OC)c(NC(=O)CN(C)S(=O)(=O)c3ccc(Cl)cc3)c2)cs1. The summed E-state index contributed by atoms with van der Waals surface area (Å²) >= 11 is 7.28. The third kappa shape index (κ3) is 5.34. The molecule has 8 nitrogen and oxygen atoms in total. The number of carbonyl (C=O) groups is 1. The molecule has 0 spiro atoms. The number of methoxy groups -OCH3 is 1. The summed E-state index contributed by atoms with van der Waals surface area (Å²) in [4.78, 5) is 17.1. The van der Waals surface area contributed by atoms with Gasteiger partial charge in [0.25, 0.3) is 0 Å². The summed E-state index contributed by atoms with van der Waals surface area (Å²) in [6, 6.07) is 11.0. The number of hydrogen-bond donors (Lipinski definition) is 2. The average Bonchev–Trinajstić information content (AvgIpc) is 3.23. The maximum Gasteiger partial charge on any atom is 0.243 e. The van der Waals surface area contributed by atoms with E-state index in [0.29, 0.717) is 16.5 Å². The number of carbonyl (C=O) groups excluding carboxylic acids is 1. The number of benzene rings is 2. The molecule has 0 aliphatic heterocycles. The zero-order valence-corrected chi connectivity index (χ0v) is 19.4. The first kappa shape index (κ1) is 23.0. The smallest absolute Gasteiger partial charge is 0.243 e. The number of anilines is 2. The Morgan fingerprint density at radius 1 is 1.23 bits per heavy atom. The molecule has 31 heavy (non-hydrogen) atoms. The van der Waals surface area contributed by atoms with Crippen molar-refractivity contribution in [2.24, 2.45) is 0 Å². The molecule has 3 rings (SSSR count). The molecule has 1 heterocycles. The van der Waals surface area contributed by atoms with Gasteiger partial charge in [-0.1, -0.05) is 11.6 Å². The Bertz CT molecular complexity index is 1180. The van der Waals surface area contributed by atoms with Gasteiger partial charge in [0.15, 0.2) is 5.13 Å². The van der Waals surface area contributed by atoms with Crippen molar-refractivity contribution in [3.8, 4) is 17.0 Å². The largest absolute Gasteiger partial charge is 0.495 e. The molecule has 0 saturated carbocycles. The normalized spacial score (nSPS) is 11.4. The fourth-order valence-electron chi connectivity index (χ4n) is 2.75. The predicted octanol–water partition coefficient (Wildman–Crippen LogP) is 3.77. The molecule has 1 amide bonds. The van der Waals surface area contributed by atoms with E-state index < -0.39 is 15.9 Å². The highest BCUT2D eigenvalue weighted by atomic mass is 35.5. The summed E-state index contributed by atoms with van der Waals surface area (Å²) in [7, 11) is 0.774. The number of nitrogens with one attached hydrogen (secondary N) is 2. The number of likely N-dealkylation sites (N-methyl/N-ethyl adjacent to an activating group) is 1. The second-order valence-corrected chi connectivity index (χ2v) is 9.81. The molecule has 1 aromatic heterocycles. The van der Waals surface area contributed by atoms with Crippen LogP contribution in [0.4, 0.5) is 10.8 Å². The minimum atomic E-state index is -3.84. The van der Waals surface area contributed by atoms with Crippen molar-refractivity contribution in [2.45, 2.75) is 4.90 Å². The van der Waals surface area contributed by atoms with Gasteiger partial charge in [-0.15, -0.1) is 11.3 Å². The molecule has 0 aliphatic carbocycles. The average molecular weight is 481 g/mol. The van der Waals surface area contributed by atoms with Gasteiger partial charge >= 0.3 is 0 Å². The van der Waals surface area contributed by atoms with Crippen LogP contribution < -0.4 is 15.4 Å². The van der Waals surface area contributed by atoms with Crippen LogP contribution in [-0.2, 0) is 14.8 Å². The fraction of sp³-hybridized carbons (Fsp3) is 0.200. The highest BCUT2D eigenvalue weighted by Crippen LogP contribution is 2.32. The monoisotopic (exact) mass is 480 g/mol. The van der Waals surface area contributed by atoms with E-state index in [9.17, 15) is 13.2 Å². The number of aromatic nitrogens is 1. The van der Waals surface area contributed by atoms with Gasteiger partial charge < -0.3 is 15.4 Å². The number of ether oxygens (including phenoxy) is 1. The molecule has 0 unspecified atom stereocenters. The van der Waals surface area contributed by atoms with Crippen molar-refractivity contribution in [1.82, 2.24) is 9.29 Å². The Morgan fingerprint density at radius 3 is 2.55 bits per heavy atom. The number of nitrogens with zero attached hydrogens (tertiary/aromatic N) is 2. The molecular weight excluding hydrogens is 460 g/mol. The van der Waals surface area contributed by atoms with E-state index in [4.69, 9.17) is 16.3 Å². The summed E-state index contributed by atoms with van der Waals surface area (Å²) in [6.07, 6.45) is 0. The van der Waals surface area contributed by atoms with E-state index in [1.165, 1.54) is 49.8 Å². The van der Waals surface area contributed by atoms with E-state index in [1.807, 2.05) is 11.4 Å². The summed E-state index contributed by atoms with van der Waals surface area (Å²) in [6.45, 7) is -0.376. The molecule has 0 atom stereocenters. The van der Waals surface area contributed by atoms with Gasteiger partial charge in [0.2, 0.25) is 15.9 Å². The molecule has 2 N–H and O–H groups in total. The van der Waals surface area contributed by atoms with Crippen LogP contribution in [-0.4, -0.2) is 51.4 Å². The molecule has 3 aromatic rings. The molecule has 11 heteroatoms. The molecule has 164 valence electrons. The third-order valence-electron chi connectivity index (χ3n) is 4.38. The first-order chi connectivity index (χ1) is 14.7. The van der Waals surface area contributed by atoms with Gasteiger partial charge in [-0.3, -0.25) is 4.79 Å². The number of hydrogen-bond acceptors (Lipinski definition) is 7. The number of amides is 1. The van der Waals surface area contributed by atoms with Gasteiger partial charge in [0.1, 0.15) is 5.75 Å². The maximum absolute atomic E-state index is 12.7. The Labute approximate surface area is 189 Å². The number of thiazole rings is 1. The highest BCUT2D eigenvalue weighted by molar-refractivity contribution is 7.89. The lowest BCUT2D eigenvalue weighted by molar-refractivity contribution is -0.116. The molecule has 2 aromatic carbocycles. The van der Waals surface area contributed by atoms with Crippen LogP contribution in [0.1, 0.15) is 0 Å². The van der Waals surface area contributed by atoms with Crippen molar-refractivity contribution in [1.29, 1.82) is 0 Å². The fourth-order valence-corrected chi connectivity index (χ4v) is 4.68. The van der Waals surface area contributed by atoms with Crippen LogP contribution in [0.3, 0.4) is 0 Å². The van der Waals surface area contributed by atoms with Crippen molar-refractivity contribution in [2.75, 3.05) is 38.4 Å². The second kappa shape index (κ2) is 9.65. The van der Waals surface area contributed by atoms with Gasteiger partial charge in [0.05, 0.1) is 29.9 Å². The van der Waals surface area contributed by atoms with Crippen molar-refractivity contribution < 1.29 is 17.9 Å². The van der Waals surface area contributed by atoms with Crippen molar-refractivity contribution >= 4 is 49.7 Å². The zero-order valence-electron chi connectivity index (χ0n) is 17.0. The van der Waals surface area contributed by atoms with Gasteiger partial charge in [0, 0.05) is 30.1 Å². The molecular formula is C20H21ClN4O4S2. The van der Waals surface area contributed by atoms with E-state index in [0.717, 1.165) is 20.7 Å². The quantitative estimate of drug-likeness (QED) is 0.509. The lowest BCUT2D eigenvalue weighted by Crippen LogP contribution is -2.35. The first-order valence-electron chi connectivity index (χ1n) is 9.08. The van der Waals surface area contributed by atoms with Crippen LogP contribution in [0, 0.1) is 0 Å². The number of sulfonamides is 1. The first-order valence-corrected chi connectivity index (χ1v) is 11.8. The summed E-state index contributed by atoms with van der Waals surface area (Å²) < 4.78 is 31.7. The van der Waals surface area contributed by atoms with Gasteiger partial charge in [-0.25, -0.2) is 13.4 Å². The van der Waals surface area contributed by atoms with E-state index in [1.54, 1.807) is 19.2 Å². The Kier molecular flexibility index (Phi) is 7.16. The summed E-state index contributed by atoms with van der Waals surface area (Å²) in [5, 5.41) is 8.79. The van der Waals surface area contributed by atoms with Crippen LogP contribution in [0.25, 0.3) is 11.3 Å². The van der Waals surface area contributed by atoms with Crippen molar-refractivity contribution in [3.63, 3.8) is 0 Å². The third-order valence-corrected chi connectivity index (χ3v) is 7.30. The topological polar surface area (TPSA) is 101 Å². The van der Waals surface area contributed by atoms with E-state index in [2.05, 4.69) is 15.6 Å². The minimum absolute atomic E-state index is 0.0515. The van der Waals surface area contributed by atoms with Crippen LogP contribution in [0.5, 0.6) is 5.75 Å². The van der Waals surface area contributed by atoms with Crippen molar-refractivity contribution in [3.05, 3.63) is 52.9 Å². The lowest BCUT2D eigenvalue weighted by Gasteiger charge is -2.18. The predicted molar refractivity (Wildman–Crippen MR) is 124 cm³/mol. The zero-order chi connectivity index (χ0) is 22.6. The van der Waals surface area contributed by atoms with E-state index >= 15 is 0 Å². The standard InChI is InChI=1S/C20H21ClN4O4S2/c1-22-20-24-17(12-30-20)13-4-9-18(29-3)16(10-13)23-19(26)11-25(2)31(27,28)15-7-5-14(21)6-8-15/h4-10,12H,11H2,1-3H3,(H,22,24)(H,23,26). The number of halogens is 1. The molecule has 0 aliphatic rings. The van der Waals surface area contributed by atoms with E-state index in [-0.39, 0.29) is 11.4 Å². The highest BCUT2D eigenvalue weighted by Gasteiger charge is 2.23. The lowest BCUT2D eigenvalue weighted by atomic mass is 10.1. The Balaban J connectivity index is 1.77. The molecule has 0 fully saturated rings. The van der Waals surface area contributed by atoms with Crippen LogP contribution in [0.2, 0.25) is 5.02 Å². The molecule has 0 bridgehead atoms. The summed E-state index contributed by atoms with van der Waals surface area (Å²) in [5.41, 5.74) is 1.95. The second-order valence-electron chi connectivity index (χ2n) is 6.47. The number of rotatable bonds is 8. The van der Waals surface area contributed by atoms with Crippen LogP contribution in [0.15, 0.2) is 52.7 Å². The van der Waals surface area contributed by atoms with Crippen LogP contribution >= 0.6 is 22.9 Å². The van der Waals surface area contributed by atoms with Gasteiger partial charge in [-0.2, -0.15) is 4.31 Å². The Hall–Kier alpha value is -2.66. The summed E-state index contributed by atoms with van der Waals surface area (Å²) in [5.74, 6) is -0.0611. The molecule has 0 radical (unpaired) electrons. The van der Waals surface area contributed by atoms with Gasteiger partial charge in [-0.05, 0) is 42.5 Å². The Morgan fingerprint density at radius 2 is 1.94 bits per heavy atom. The maximum atomic E-state index is 12.7. The minimum Gasteiger partial charge on any atom is -0.495 e.